The molecule has 2 N–H and O–H groups in total. The molecule has 0 aliphatic rings. The second-order valence-corrected chi connectivity index (χ2v) is 4.79. The van der Waals surface area contributed by atoms with Crippen LogP contribution in [0.1, 0.15) is 23.6 Å². The Morgan fingerprint density at radius 2 is 1.74 bits per heavy atom. The highest BCUT2D eigenvalue weighted by Crippen LogP contribution is 2.26. The quantitative estimate of drug-likeness (QED) is 0.897. The fraction of sp³-hybridized carbons (Fsp3) is 0.250. The molecule has 0 bridgehead atoms. The lowest BCUT2D eigenvalue weighted by atomic mass is 10.1. The summed E-state index contributed by atoms with van der Waals surface area (Å²) in [5, 5.41) is 0.654. The zero-order valence-corrected chi connectivity index (χ0v) is 11.8. The van der Waals surface area contributed by atoms with E-state index < -0.39 is 0 Å². The van der Waals surface area contributed by atoms with Crippen LogP contribution in [0.2, 0.25) is 5.02 Å². The molecule has 2 aromatic carbocycles. The maximum atomic E-state index is 6.09. The van der Waals surface area contributed by atoms with Crippen molar-refractivity contribution in [2.75, 3.05) is 0 Å². The summed E-state index contributed by atoms with van der Waals surface area (Å²) in [5.74, 6) is 0.759. The van der Waals surface area contributed by atoms with Gasteiger partial charge < -0.3 is 10.5 Å². The zero-order valence-electron chi connectivity index (χ0n) is 11.0. The number of ether oxygens (including phenoxy) is 1. The van der Waals surface area contributed by atoms with E-state index in [9.17, 15) is 0 Å². The van der Waals surface area contributed by atoms with Gasteiger partial charge in [-0.05, 0) is 29.7 Å². The number of aryl methyl sites for hydroxylation is 1. The summed E-state index contributed by atoms with van der Waals surface area (Å²) in [4.78, 5) is 0. The van der Waals surface area contributed by atoms with Gasteiger partial charge in [-0.25, -0.2) is 0 Å². The van der Waals surface area contributed by atoms with Crippen molar-refractivity contribution < 1.29 is 4.74 Å². The van der Waals surface area contributed by atoms with Crippen molar-refractivity contribution in [3.05, 3.63) is 64.2 Å². The smallest absolute Gasteiger partial charge is 0.125 e. The number of hydrogen-bond donors (Lipinski definition) is 1. The number of rotatable bonds is 5. The molecule has 0 saturated heterocycles. The predicted molar refractivity (Wildman–Crippen MR) is 79.5 cm³/mol. The third-order valence-electron chi connectivity index (χ3n) is 3.11. The van der Waals surface area contributed by atoms with Crippen molar-refractivity contribution in [3.8, 4) is 5.75 Å². The monoisotopic (exact) mass is 275 g/mol. The van der Waals surface area contributed by atoms with E-state index >= 15 is 0 Å². The second kappa shape index (κ2) is 6.60. The van der Waals surface area contributed by atoms with Gasteiger partial charge in [-0.2, -0.15) is 0 Å². The highest BCUT2D eigenvalue weighted by Gasteiger charge is 2.06. The van der Waals surface area contributed by atoms with Crippen molar-refractivity contribution in [3.63, 3.8) is 0 Å². The van der Waals surface area contributed by atoms with Crippen molar-refractivity contribution in [2.45, 2.75) is 26.5 Å². The minimum atomic E-state index is 0.379. The summed E-state index contributed by atoms with van der Waals surface area (Å²) in [6.07, 6.45) is 1.05. The Kier molecular flexibility index (Phi) is 4.83. The van der Waals surface area contributed by atoms with E-state index in [0.29, 0.717) is 18.2 Å². The van der Waals surface area contributed by atoms with Crippen LogP contribution in [0.3, 0.4) is 0 Å². The normalized spacial score (nSPS) is 10.5. The van der Waals surface area contributed by atoms with Crippen LogP contribution >= 0.6 is 11.6 Å². The molecule has 0 unspecified atom stereocenters. The van der Waals surface area contributed by atoms with Gasteiger partial charge >= 0.3 is 0 Å². The second-order valence-electron chi connectivity index (χ2n) is 4.38. The number of hydrogen-bond acceptors (Lipinski definition) is 2. The van der Waals surface area contributed by atoms with E-state index in [1.807, 2.05) is 18.2 Å². The molecule has 19 heavy (non-hydrogen) atoms. The minimum absolute atomic E-state index is 0.379. The summed E-state index contributed by atoms with van der Waals surface area (Å²) in [6.45, 7) is 3.05. The largest absolute Gasteiger partial charge is 0.489 e. The molecule has 0 fully saturated rings. The summed E-state index contributed by atoms with van der Waals surface area (Å²) < 4.78 is 5.80. The number of benzene rings is 2. The first-order chi connectivity index (χ1) is 9.24. The van der Waals surface area contributed by atoms with Crippen molar-refractivity contribution in [2.24, 2.45) is 5.73 Å². The van der Waals surface area contributed by atoms with Crippen LogP contribution in [0, 0.1) is 0 Å². The van der Waals surface area contributed by atoms with Gasteiger partial charge in [0.2, 0.25) is 0 Å². The van der Waals surface area contributed by atoms with Crippen LogP contribution in [0.5, 0.6) is 5.75 Å². The molecule has 0 aliphatic heterocycles. The van der Waals surface area contributed by atoms with Crippen LogP contribution in [0.25, 0.3) is 0 Å². The molecule has 100 valence electrons. The fourth-order valence-corrected chi connectivity index (χ4v) is 2.15. The number of halogens is 1. The Morgan fingerprint density at radius 1 is 1.05 bits per heavy atom. The van der Waals surface area contributed by atoms with Crippen LogP contribution in [0.4, 0.5) is 0 Å². The first kappa shape index (κ1) is 13.9. The molecular formula is C16H18ClNO. The maximum Gasteiger partial charge on any atom is 0.125 e. The minimum Gasteiger partial charge on any atom is -0.489 e. The Hall–Kier alpha value is -1.51. The molecule has 0 spiro atoms. The lowest BCUT2D eigenvalue weighted by Gasteiger charge is -2.12. The van der Waals surface area contributed by atoms with Gasteiger partial charge in [0.1, 0.15) is 12.4 Å². The van der Waals surface area contributed by atoms with Gasteiger partial charge in [-0.15, -0.1) is 0 Å². The van der Waals surface area contributed by atoms with Gasteiger partial charge in [-0.1, -0.05) is 48.9 Å². The molecule has 0 amide bonds. The molecular weight excluding hydrogens is 258 g/mol. The molecule has 0 heterocycles. The highest BCUT2D eigenvalue weighted by molar-refractivity contribution is 6.31. The van der Waals surface area contributed by atoms with Crippen LogP contribution < -0.4 is 10.5 Å². The Morgan fingerprint density at radius 3 is 2.37 bits per heavy atom. The Balaban J connectivity index is 2.07. The van der Waals surface area contributed by atoms with E-state index in [-0.39, 0.29) is 0 Å². The molecule has 0 aliphatic carbocycles. The van der Waals surface area contributed by atoms with E-state index in [1.54, 1.807) is 0 Å². The topological polar surface area (TPSA) is 35.2 Å². The lowest BCUT2D eigenvalue weighted by molar-refractivity contribution is 0.303. The fourth-order valence-electron chi connectivity index (χ4n) is 1.90. The van der Waals surface area contributed by atoms with Crippen LogP contribution in [0.15, 0.2) is 42.5 Å². The Labute approximate surface area is 119 Å². The molecule has 0 saturated carbocycles. The van der Waals surface area contributed by atoms with E-state index in [1.165, 1.54) is 5.56 Å². The van der Waals surface area contributed by atoms with Crippen molar-refractivity contribution >= 4 is 11.6 Å². The Bertz CT molecular complexity index is 537. The third-order valence-corrected chi connectivity index (χ3v) is 3.46. The van der Waals surface area contributed by atoms with Crippen LogP contribution in [-0.4, -0.2) is 0 Å². The summed E-state index contributed by atoms with van der Waals surface area (Å²) in [5.41, 5.74) is 9.02. The van der Waals surface area contributed by atoms with Gasteiger partial charge in [0.25, 0.3) is 0 Å². The summed E-state index contributed by atoms with van der Waals surface area (Å²) in [6, 6.07) is 14.0. The first-order valence-electron chi connectivity index (χ1n) is 6.42. The van der Waals surface area contributed by atoms with Crippen molar-refractivity contribution in [1.29, 1.82) is 0 Å². The van der Waals surface area contributed by atoms with E-state index in [2.05, 4.69) is 31.2 Å². The average molecular weight is 276 g/mol. The number of nitrogens with two attached hydrogens (primary N) is 1. The molecule has 0 radical (unpaired) electrons. The van der Waals surface area contributed by atoms with Gasteiger partial charge in [-0.3, -0.25) is 0 Å². The highest BCUT2D eigenvalue weighted by atomic mass is 35.5. The van der Waals surface area contributed by atoms with Gasteiger partial charge in [0.15, 0.2) is 0 Å². The van der Waals surface area contributed by atoms with Crippen molar-refractivity contribution in [1.82, 2.24) is 0 Å². The molecule has 2 nitrogen and oxygen atoms in total. The molecule has 0 atom stereocenters. The van der Waals surface area contributed by atoms with Crippen LogP contribution in [-0.2, 0) is 19.6 Å². The summed E-state index contributed by atoms with van der Waals surface area (Å²) in [7, 11) is 0. The molecule has 2 aromatic rings. The molecule has 0 aromatic heterocycles. The molecule has 2 rings (SSSR count). The standard InChI is InChI=1S/C16H18ClNO/c1-2-12-6-8-13(9-7-12)11-19-16-5-3-4-15(17)14(16)10-18/h3-9H,2,10-11,18H2,1H3. The van der Waals surface area contributed by atoms with Gasteiger partial charge in [0.05, 0.1) is 0 Å². The SMILES string of the molecule is CCc1ccc(COc2cccc(Cl)c2CN)cc1. The lowest BCUT2D eigenvalue weighted by Crippen LogP contribution is -2.03. The zero-order chi connectivity index (χ0) is 13.7. The summed E-state index contributed by atoms with van der Waals surface area (Å²) >= 11 is 6.09. The van der Waals surface area contributed by atoms with E-state index in [0.717, 1.165) is 23.3 Å². The maximum absolute atomic E-state index is 6.09. The first-order valence-corrected chi connectivity index (χ1v) is 6.80. The average Bonchev–Trinajstić information content (AvgIpc) is 2.45. The molecule has 3 heteroatoms. The van der Waals surface area contributed by atoms with Gasteiger partial charge in [0, 0.05) is 17.1 Å². The predicted octanol–water partition coefficient (Wildman–Crippen LogP) is 3.94. The van der Waals surface area contributed by atoms with E-state index in [4.69, 9.17) is 22.1 Å². The third kappa shape index (κ3) is 3.49.